The van der Waals surface area contributed by atoms with Crippen molar-refractivity contribution in [2.24, 2.45) is 0 Å². The number of alkyl carbamates (subject to hydrolysis) is 1. The first-order valence-corrected chi connectivity index (χ1v) is 11.7. The van der Waals surface area contributed by atoms with E-state index in [-0.39, 0.29) is 18.9 Å². The Balaban J connectivity index is 1.31. The first-order valence-electron chi connectivity index (χ1n) is 11.7. The first-order chi connectivity index (χ1) is 17.9. The molecule has 3 aromatic carbocycles. The Kier molecular flexibility index (Phi) is 7.92. The average molecular weight is 505 g/mol. The van der Waals surface area contributed by atoms with Gasteiger partial charge in [0.25, 0.3) is 0 Å². The maximum absolute atomic E-state index is 12.4. The number of fused-ring (bicyclic) bond motifs is 3. The lowest BCUT2D eigenvalue weighted by Crippen LogP contribution is -2.46. The van der Waals surface area contributed by atoms with Crippen LogP contribution in [0, 0.1) is 0 Å². The minimum atomic E-state index is -1.22. The second-order valence-corrected chi connectivity index (χ2v) is 8.52. The molecule has 2 amide bonds. The SMILES string of the molecule is COc1ccc(CC(NC(=O)CNC(=O)OCC2c3ccccc3-c3ccccc32)C(=O)O)c(OC)c1. The fourth-order valence-corrected chi connectivity index (χ4v) is 4.49. The van der Waals surface area contributed by atoms with Gasteiger partial charge in [0.05, 0.1) is 14.2 Å². The van der Waals surface area contributed by atoms with Crippen molar-refractivity contribution in [3.8, 4) is 22.6 Å². The van der Waals surface area contributed by atoms with E-state index in [9.17, 15) is 19.5 Å². The first kappa shape index (κ1) is 25.6. The molecule has 1 aliphatic rings. The summed E-state index contributed by atoms with van der Waals surface area (Å²) in [6.07, 6.45) is -0.778. The number of benzene rings is 3. The van der Waals surface area contributed by atoms with Gasteiger partial charge in [0.1, 0.15) is 30.7 Å². The molecule has 0 aromatic heterocycles. The highest BCUT2D eigenvalue weighted by atomic mass is 16.5. The summed E-state index contributed by atoms with van der Waals surface area (Å²) in [5.41, 5.74) is 4.96. The normalized spacial score (nSPS) is 12.6. The number of methoxy groups -OCH3 is 2. The highest BCUT2D eigenvalue weighted by Gasteiger charge is 2.29. The van der Waals surface area contributed by atoms with Gasteiger partial charge in [-0.3, -0.25) is 4.79 Å². The molecule has 0 heterocycles. The Morgan fingerprint density at radius 2 is 1.57 bits per heavy atom. The predicted octanol–water partition coefficient (Wildman–Crippen LogP) is 3.35. The van der Waals surface area contributed by atoms with Crippen LogP contribution in [0.5, 0.6) is 11.5 Å². The molecule has 37 heavy (non-hydrogen) atoms. The third kappa shape index (κ3) is 5.83. The van der Waals surface area contributed by atoms with E-state index in [0.717, 1.165) is 22.3 Å². The highest BCUT2D eigenvalue weighted by Crippen LogP contribution is 2.44. The third-order valence-corrected chi connectivity index (χ3v) is 6.29. The van der Waals surface area contributed by atoms with Gasteiger partial charge >= 0.3 is 12.1 Å². The Morgan fingerprint density at radius 1 is 0.919 bits per heavy atom. The molecule has 192 valence electrons. The van der Waals surface area contributed by atoms with E-state index in [0.29, 0.717) is 17.1 Å². The van der Waals surface area contributed by atoms with Gasteiger partial charge in [0.2, 0.25) is 5.91 Å². The van der Waals surface area contributed by atoms with Gasteiger partial charge in [-0.25, -0.2) is 9.59 Å². The van der Waals surface area contributed by atoms with Gasteiger partial charge in [-0.05, 0) is 33.9 Å². The maximum atomic E-state index is 12.4. The number of carbonyl (C=O) groups is 3. The van der Waals surface area contributed by atoms with Crippen molar-refractivity contribution in [2.45, 2.75) is 18.4 Å². The predicted molar refractivity (Wildman–Crippen MR) is 136 cm³/mol. The number of carboxylic acids is 1. The Morgan fingerprint density at radius 3 is 2.16 bits per heavy atom. The molecule has 9 heteroatoms. The van der Waals surface area contributed by atoms with E-state index >= 15 is 0 Å². The molecule has 0 fully saturated rings. The number of aliphatic carboxylic acids is 1. The van der Waals surface area contributed by atoms with Crippen molar-refractivity contribution < 1.29 is 33.7 Å². The standard InChI is InChI=1S/C28H28N2O7/c1-35-18-12-11-17(25(14-18)36-2)13-24(27(32)33)30-26(31)15-29-28(34)37-16-23-21-9-5-3-7-19(21)20-8-4-6-10-22(20)23/h3-12,14,23-24H,13,15-16H2,1-2H3,(H,29,34)(H,30,31)(H,32,33). The van der Waals surface area contributed by atoms with E-state index in [1.54, 1.807) is 18.2 Å². The average Bonchev–Trinajstić information content (AvgIpc) is 3.24. The molecule has 0 saturated carbocycles. The molecule has 1 unspecified atom stereocenters. The lowest BCUT2D eigenvalue weighted by atomic mass is 9.98. The molecule has 9 nitrogen and oxygen atoms in total. The summed E-state index contributed by atoms with van der Waals surface area (Å²) in [5.74, 6) is -0.982. The summed E-state index contributed by atoms with van der Waals surface area (Å²) < 4.78 is 15.9. The zero-order valence-electron chi connectivity index (χ0n) is 20.5. The van der Waals surface area contributed by atoms with Crippen LogP contribution in [0.3, 0.4) is 0 Å². The molecule has 4 rings (SSSR count). The molecule has 0 saturated heterocycles. The van der Waals surface area contributed by atoms with Gasteiger partial charge in [-0.1, -0.05) is 54.6 Å². The lowest BCUT2D eigenvalue weighted by molar-refractivity contribution is -0.141. The molecule has 0 radical (unpaired) electrons. The molecular formula is C28H28N2O7. The summed E-state index contributed by atoms with van der Waals surface area (Å²) >= 11 is 0. The van der Waals surface area contributed by atoms with Crippen molar-refractivity contribution in [1.29, 1.82) is 0 Å². The van der Waals surface area contributed by atoms with Crippen LogP contribution in [-0.4, -0.2) is 56.5 Å². The molecule has 3 aromatic rings. The fourth-order valence-electron chi connectivity index (χ4n) is 4.49. The van der Waals surface area contributed by atoms with Crippen LogP contribution in [0.2, 0.25) is 0 Å². The monoisotopic (exact) mass is 504 g/mol. The van der Waals surface area contributed by atoms with Crippen LogP contribution in [0.15, 0.2) is 66.7 Å². The smallest absolute Gasteiger partial charge is 0.407 e. The number of hydrogen-bond acceptors (Lipinski definition) is 6. The Hall–Kier alpha value is -4.53. The van der Waals surface area contributed by atoms with E-state index in [2.05, 4.69) is 10.6 Å². The topological polar surface area (TPSA) is 123 Å². The van der Waals surface area contributed by atoms with Crippen LogP contribution in [0.4, 0.5) is 4.79 Å². The fraction of sp³-hybridized carbons (Fsp3) is 0.250. The molecule has 3 N–H and O–H groups in total. The van der Waals surface area contributed by atoms with Crippen molar-refractivity contribution in [3.63, 3.8) is 0 Å². The third-order valence-electron chi connectivity index (χ3n) is 6.29. The van der Waals surface area contributed by atoms with Crippen LogP contribution in [-0.2, 0) is 20.7 Å². The number of ether oxygens (including phenoxy) is 3. The van der Waals surface area contributed by atoms with Gasteiger partial charge in [-0.15, -0.1) is 0 Å². The number of carbonyl (C=O) groups excluding carboxylic acids is 2. The van der Waals surface area contributed by atoms with Crippen molar-refractivity contribution >= 4 is 18.0 Å². The summed E-state index contributed by atoms with van der Waals surface area (Å²) in [7, 11) is 2.98. The van der Waals surface area contributed by atoms with Crippen molar-refractivity contribution in [3.05, 3.63) is 83.4 Å². The quantitative estimate of drug-likeness (QED) is 0.387. The van der Waals surface area contributed by atoms with Crippen molar-refractivity contribution in [2.75, 3.05) is 27.4 Å². The van der Waals surface area contributed by atoms with E-state index in [4.69, 9.17) is 14.2 Å². The van der Waals surface area contributed by atoms with Gasteiger partial charge < -0.3 is 30.0 Å². The van der Waals surface area contributed by atoms with E-state index in [1.165, 1.54) is 14.2 Å². The summed E-state index contributed by atoms with van der Waals surface area (Å²) in [4.78, 5) is 36.5. The van der Waals surface area contributed by atoms with E-state index in [1.807, 2.05) is 48.5 Å². The second-order valence-electron chi connectivity index (χ2n) is 8.52. The van der Waals surface area contributed by atoms with Gasteiger partial charge in [0.15, 0.2) is 0 Å². The molecular weight excluding hydrogens is 476 g/mol. The molecule has 1 atom stereocenters. The number of amides is 2. The summed E-state index contributed by atoms with van der Waals surface area (Å²) in [6.45, 7) is -0.323. The minimum Gasteiger partial charge on any atom is -0.497 e. The van der Waals surface area contributed by atoms with E-state index < -0.39 is 30.6 Å². The van der Waals surface area contributed by atoms with Crippen LogP contribution < -0.4 is 20.1 Å². The summed E-state index contributed by atoms with van der Waals surface area (Å²) in [6, 6.07) is 19.7. The highest BCUT2D eigenvalue weighted by molar-refractivity contribution is 5.87. The van der Waals surface area contributed by atoms with Gasteiger partial charge in [0, 0.05) is 18.4 Å². The zero-order valence-corrected chi connectivity index (χ0v) is 20.5. The largest absolute Gasteiger partial charge is 0.497 e. The summed E-state index contributed by atoms with van der Waals surface area (Å²) in [5, 5.41) is 14.4. The van der Waals surface area contributed by atoms with Gasteiger partial charge in [-0.2, -0.15) is 0 Å². The van der Waals surface area contributed by atoms with Crippen LogP contribution >= 0.6 is 0 Å². The second kappa shape index (κ2) is 11.5. The minimum absolute atomic E-state index is 0.0147. The molecule has 0 bridgehead atoms. The zero-order chi connectivity index (χ0) is 26.4. The lowest BCUT2D eigenvalue weighted by Gasteiger charge is -2.17. The number of hydrogen-bond donors (Lipinski definition) is 3. The molecule has 0 aliphatic heterocycles. The molecule has 0 spiro atoms. The number of nitrogens with one attached hydrogen (secondary N) is 2. The van der Waals surface area contributed by atoms with Crippen molar-refractivity contribution in [1.82, 2.24) is 10.6 Å². The molecule has 1 aliphatic carbocycles. The van der Waals surface area contributed by atoms with Crippen LogP contribution in [0.1, 0.15) is 22.6 Å². The Bertz CT molecular complexity index is 1260. The number of carboxylic acid groups (broad SMARTS) is 1. The maximum Gasteiger partial charge on any atom is 0.407 e. The van der Waals surface area contributed by atoms with Crippen LogP contribution in [0.25, 0.3) is 11.1 Å². The number of rotatable bonds is 10. The Labute approximate surface area is 214 Å².